The number of allylic oxidation sites excluding steroid dienone is 3. The van der Waals surface area contributed by atoms with E-state index in [2.05, 4.69) is 58.6 Å². The third kappa shape index (κ3) is 6.86. The Morgan fingerprint density at radius 2 is 2.03 bits per heavy atom. The second-order valence-corrected chi connectivity index (χ2v) is 9.39. The molecule has 0 aliphatic heterocycles. The molecule has 0 amide bonds. The number of nitriles is 1. The van der Waals surface area contributed by atoms with Gasteiger partial charge in [0.25, 0.3) is 0 Å². The molecule has 0 saturated carbocycles. The van der Waals surface area contributed by atoms with Gasteiger partial charge in [-0.1, -0.05) is 38.5 Å². The molecule has 2 aromatic heterocycles. The van der Waals surface area contributed by atoms with E-state index in [1.54, 1.807) is 18.3 Å². The normalized spacial score (nSPS) is 12.9. The van der Waals surface area contributed by atoms with Crippen LogP contribution < -0.4 is 0 Å². The summed E-state index contributed by atoms with van der Waals surface area (Å²) < 4.78 is 16.0. The van der Waals surface area contributed by atoms with Gasteiger partial charge in [0.05, 0.1) is 30.4 Å². The van der Waals surface area contributed by atoms with Crippen LogP contribution in [0.15, 0.2) is 76.6 Å². The summed E-state index contributed by atoms with van der Waals surface area (Å²) in [6.45, 7) is 10.4. The molecule has 1 atom stereocenters. The molecular formula is C29H31BrFN5. The Balaban J connectivity index is 2.14. The molecular weight excluding hydrogens is 517 g/mol. The van der Waals surface area contributed by atoms with Crippen molar-refractivity contribution in [3.63, 3.8) is 0 Å². The van der Waals surface area contributed by atoms with Gasteiger partial charge in [-0.3, -0.25) is 4.99 Å². The fourth-order valence-electron chi connectivity index (χ4n) is 3.93. The molecule has 186 valence electrons. The van der Waals surface area contributed by atoms with Crippen molar-refractivity contribution >= 4 is 27.2 Å². The third-order valence-electron chi connectivity index (χ3n) is 6.00. The largest absolute Gasteiger partial charge is 0.280 e. The molecule has 0 N–H and O–H groups in total. The Morgan fingerprint density at radius 3 is 2.67 bits per heavy atom. The molecule has 0 radical (unpaired) electrons. The van der Waals surface area contributed by atoms with Crippen molar-refractivity contribution in [2.75, 3.05) is 0 Å². The van der Waals surface area contributed by atoms with Crippen molar-refractivity contribution in [1.29, 1.82) is 5.26 Å². The molecule has 5 nitrogen and oxygen atoms in total. The first-order valence-corrected chi connectivity index (χ1v) is 12.9. The number of hydrogen-bond acceptors (Lipinski definition) is 4. The molecule has 3 rings (SSSR count). The molecule has 0 saturated heterocycles. The first kappa shape index (κ1) is 27.2. The molecule has 0 spiro atoms. The highest BCUT2D eigenvalue weighted by molar-refractivity contribution is 9.10. The SMILES string of the molecule is C=C(CC)C/C=C(/C(CCC)=NC(CC#N)c1ccnc(Br)c1)c1cnn(-c2ccc(F)cc2)c1C. The molecule has 0 bridgehead atoms. The number of aromatic nitrogens is 3. The van der Waals surface area contributed by atoms with E-state index in [9.17, 15) is 9.65 Å². The lowest BCUT2D eigenvalue weighted by molar-refractivity contribution is 0.627. The second-order valence-electron chi connectivity index (χ2n) is 8.57. The van der Waals surface area contributed by atoms with E-state index in [1.165, 1.54) is 12.1 Å². The monoisotopic (exact) mass is 547 g/mol. The van der Waals surface area contributed by atoms with Gasteiger partial charge < -0.3 is 0 Å². The van der Waals surface area contributed by atoms with Gasteiger partial charge in [0.1, 0.15) is 10.4 Å². The van der Waals surface area contributed by atoms with E-state index < -0.39 is 0 Å². The van der Waals surface area contributed by atoms with Crippen LogP contribution in [0, 0.1) is 24.1 Å². The number of nitrogens with zero attached hydrogens (tertiary/aromatic N) is 5. The Morgan fingerprint density at radius 1 is 1.28 bits per heavy atom. The Labute approximate surface area is 221 Å². The predicted octanol–water partition coefficient (Wildman–Crippen LogP) is 8.11. The summed E-state index contributed by atoms with van der Waals surface area (Å²) in [4.78, 5) is 9.36. The number of pyridine rings is 1. The highest BCUT2D eigenvalue weighted by atomic mass is 79.9. The fraction of sp³-hybridized carbons (Fsp3) is 0.310. The zero-order valence-corrected chi connectivity index (χ0v) is 22.6. The minimum atomic E-state index is -0.318. The smallest absolute Gasteiger partial charge is 0.123 e. The topological polar surface area (TPSA) is 66.9 Å². The van der Waals surface area contributed by atoms with E-state index in [1.807, 2.05) is 29.9 Å². The predicted molar refractivity (Wildman–Crippen MR) is 148 cm³/mol. The van der Waals surface area contributed by atoms with E-state index in [4.69, 9.17) is 4.99 Å². The van der Waals surface area contributed by atoms with Gasteiger partial charge in [-0.15, -0.1) is 0 Å². The lowest BCUT2D eigenvalue weighted by Crippen LogP contribution is -2.08. The van der Waals surface area contributed by atoms with Gasteiger partial charge in [0, 0.05) is 28.7 Å². The molecule has 1 aromatic carbocycles. The molecule has 0 aliphatic rings. The number of benzene rings is 1. The van der Waals surface area contributed by atoms with Crippen molar-refractivity contribution in [1.82, 2.24) is 14.8 Å². The van der Waals surface area contributed by atoms with Crippen LogP contribution >= 0.6 is 15.9 Å². The third-order valence-corrected chi connectivity index (χ3v) is 6.43. The van der Waals surface area contributed by atoms with Gasteiger partial charge in [0.15, 0.2) is 0 Å². The average molecular weight is 549 g/mol. The van der Waals surface area contributed by atoms with E-state index in [-0.39, 0.29) is 18.3 Å². The van der Waals surface area contributed by atoms with Crippen LogP contribution in [0.2, 0.25) is 0 Å². The highest BCUT2D eigenvalue weighted by Crippen LogP contribution is 2.30. The molecule has 2 heterocycles. The van der Waals surface area contributed by atoms with Crippen molar-refractivity contribution < 1.29 is 4.39 Å². The Kier molecular flexibility index (Phi) is 9.89. The number of aliphatic imine (C=N–C) groups is 1. The van der Waals surface area contributed by atoms with Crippen LogP contribution in [0.25, 0.3) is 11.3 Å². The number of halogens is 2. The lowest BCUT2D eigenvalue weighted by atomic mass is 9.95. The van der Waals surface area contributed by atoms with Crippen molar-refractivity contribution in [2.45, 2.75) is 58.9 Å². The molecule has 0 aliphatic carbocycles. The second kappa shape index (κ2) is 13.1. The summed E-state index contributed by atoms with van der Waals surface area (Å²) in [5.74, 6) is -0.286. The maximum Gasteiger partial charge on any atom is 0.123 e. The van der Waals surface area contributed by atoms with Crippen molar-refractivity contribution in [3.05, 3.63) is 94.3 Å². The van der Waals surface area contributed by atoms with Crippen molar-refractivity contribution in [2.24, 2.45) is 4.99 Å². The quantitative estimate of drug-likeness (QED) is 0.138. The van der Waals surface area contributed by atoms with E-state index in [0.29, 0.717) is 4.60 Å². The minimum Gasteiger partial charge on any atom is -0.280 e. The minimum absolute atomic E-state index is 0.256. The standard InChI is InChI=1S/C29H31BrFN5/c1-5-7-28(35-27(14-16-32)22-15-17-33-29(30)18-22)25(13-8-20(3)6-2)26-19-34-36(21(26)4)24-11-9-23(31)10-12-24/h9-13,15,17-19,27H,3,5-8,14H2,1-2,4H3/b25-13+,35-28?. The summed E-state index contributed by atoms with van der Waals surface area (Å²) >= 11 is 3.43. The molecule has 7 heteroatoms. The van der Waals surface area contributed by atoms with Gasteiger partial charge in [-0.2, -0.15) is 10.4 Å². The summed E-state index contributed by atoms with van der Waals surface area (Å²) in [5, 5.41) is 14.2. The summed E-state index contributed by atoms with van der Waals surface area (Å²) in [6, 6.07) is 12.1. The molecule has 1 unspecified atom stereocenters. The maximum atomic E-state index is 13.5. The molecule has 3 aromatic rings. The highest BCUT2D eigenvalue weighted by Gasteiger charge is 2.19. The van der Waals surface area contributed by atoms with Crippen LogP contribution in [0.1, 0.15) is 68.8 Å². The van der Waals surface area contributed by atoms with Crippen LogP contribution in [0.4, 0.5) is 4.39 Å². The zero-order valence-electron chi connectivity index (χ0n) is 21.0. The lowest BCUT2D eigenvalue weighted by Gasteiger charge is -2.17. The molecule has 0 fully saturated rings. The van der Waals surface area contributed by atoms with Gasteiger partial charge in [-0.05, 0) is 84.1 Å². The summed E-state index contributed by atoms with van der Waals surface area (Å²) in [6.07, 6.45) is 9.25. The van der Waals surface area contributed by atoms with Crippen molar-refractivity contribution in [3.8, 4) is 11.8 Å². The molecule has 36 heavy (non-hydrogen) atoms. The summed E-state index contributed by atoms with van der Waals surface area (Å²) in [5.41, 5.74) is 6.66. The van der Waals surface area contributed by atoms with Crippen LogP contribution in [-0.4, -0.2) is 20.5 Å². The first-order valence-electron chi connectivity index (χ1n) is 12.1. The van der Waals surface area contributed by atoms with Crippen LogP contribution in [0.3, 0.4) is 0 Å². The van der Waals surface area contributed by atoms with E-state index in [0.717, 1.165) is 65.0 Å². The van der Waals surface area contributed by atoms with Crippen LogP contribution in [-0.2, 0) is 0 Å². The number of hydrogen-bond donors (Lipinski definition) is 0. The van der Waals surface area contributed by atoms with Crippen LogP contribution in [0.5, 0.6) is 0 Å². The van der Waals surface area contributed by atoms with Gasteiger partial charge >= 0.3 is 0 Å². The summed E-state index contributed by atoms with van der Waals surface area (Å²) in [7, 11) is 0. The number of rotatable bonds is 11. The van der Waals surface area contributed by atoms with Gasteiger partial charge in [-0.25, -0.2) is 14.1 Å². The Bertz CT molecular complexity index is 1300. The van der Waals surface area contributed by atoms with Gasteiger partial charge in [0.2, 0.25) is 0 Å². The van der Waals surface area contributed by atoms with E-state index >= 15 is 0 Å². The Hall–Kier alpha value is -3.37. The fourth-order valence-corrected chi connectivity index (χ4v) is 4.32. The first-order chi connectivity index (χ1) is 17.4. The average Bonchev–Trinajstić information content (AvgIpc) is 3.25. The maximum absolute atomic E-state index is 13.5. The zero-order chi connectivity index (χ0) is 26.1.